The number of hydrogen-bond acceptors (Lipinski definition) is 3. The lowest BCUT2D eigenvalue weighted by molar-refractivity contribution is 0.0826. The second-order valence-electron chi connectivity index (χ2n) is 5.02. The number of nitrogens with zero attached hydrogens (tertiary/aromatic N) is 1. The molecule has 0 amide bonds. The maximum Gasteiger partial charge on any atom is 0.155 e. The zero-order valence-corrected chi connectivity index (χ0v) is 11.5. The van der Waals surface area contributed by atoms with E-state index < -0.39 is 11.8 Å². The molecule has 0 spiro atoms. The molecule has 1 aliphatic rings. The molecule has 0 aliphatic carbocycles. The third kappa shape index (κ3) is 2.00. The Morgan fingerprint density at radius 1 is 1.05 bits per heavy atom. The van der Waals surface area contributed by atoms with Gasteiger partial charge < -0.3 is 10.4 Å². The highest BCUT2D eigenvalue weighted by Crippen LogP contribution is 2.36. The number of nitrogens with one attached hydrogen (secondary N) is 1. The first kappa shape index (κ1) is 12.9. The van der Waals surface area contributed by atoms with E-state index in [0.29, 0.717) is 0 Å². The summed E-state index contributed by atoms with van der Waals surface area (Å²) in [6.45, 7) is 2.05. The van der Waals surface area contributed by atoms with Crippen LogP contribution in [0.4, 0.5) is 0 Å². The minimum Gasteiger partial charge on any atom is -0.371 e. The third-order valence-electron chi connectivity index (χ3n) is 3.90. The van der Waals surface area contributed by atoms with E-state index in [1.165, 1.54) is 0 Å². The van der Waals surface area contributed by atoms with Crippen molar-refractivity contribution in [2.75, 3.05) is 0 Å². The first-order chi connectivity index (χ1) is 9.76. The molecule has 2 N–H and O–H groups in total. The average molecular weight is 266 g/mol. The number of aliphatic hydroxyl groups excluding tert-OH is 1. The van der Waals surface area contributed by atoms with E-state index in [1.807, 2.05) is 60.7 Å². The van der Waals surface area contributed by atoms with Crippen LogP contribution in [0, 0.1) is 0 Å². The van der Waals surface area contributed by atoms with Crippen LogP contribution in [0.5, 0.6) is 0 Å². The summed E-state index contributed by atoms with van der Waals surface area (Å²) in [6.07, 6.45) is 0.0340. The summed E-state index contributed by atoms with van der Waals surface area (Å²) >= 11 is 0. The molecule has 20 heavy (non-hydrogen) atoms. The van der Waals surface area contributed by atoms with Gasteiger partial charge in [0.1, 0.15) is 11.4 Å². The molecular weight excluding hydrogens is 248 g/mol. The smallest absolute Gasteiger partial charge is 0.155 e. The Labute approximate surface area is 119 Å². The van der Waals surface area contributed by atoms with Crippen LogP contribution in [-0.2, 0) is 5.54 Å². The fourth-order valence-electron chi connectivity index (χ4n) is 2.71. The summed E-state index contributed by atoms with van der Waals surface area (Å²) in [5.41, 5.74) is 1.43. The molecule has 0 bridgehead atoms. The molecule has 1 aliphatic heterocycles. The van der Waals surface area contributed by atoms with Gasteiger partial charge in [0.2, 0.25) is 0 Å². The van der Waals surface area contributed by atoms with Crippen LogP contribution >= 0.6 is 0 Å². The molecule has 0 saturated heterocycles. The summed E-state index contributed by atoms with van der Waals surface area (Å²) in [5, 5.41) is 13.6. The molecule has 0 aromatic heterocycles. The van der Waals surface area contributed by atoms with Crippen molar-refractivity contribution >= 4 is 5.84 Å². The van der Waals surface area contributed by atoms with Crippen LogP contribution in [0.2, 0.25) is 0 Å². The number of rotatable bonds is 3. The maximum atomic E-state index is 10.5. The topological polar surface area (TPSA) is 44.6 Å². The summed E-state index contributed by atoms with van der Waals surface area (Å²) in [5.74, 6) is 0.754. The van der Waals surface area contributed by atoms with Crippen LogP contribution in [0.25, 0.3) is 0 Å². The van der Waals surface area contributed by atoms with Gasteiger partial charge in [0.05, 0.1) is 0 Å². The van der Waals surface area contributed by atoms with Crippen molar-refractivity contribution in [1.29, 1.82) is 0 Å². The first-order valence-electron chi connectivity index (χ1n) is 6.91. The van der Waals surface area contributed by atoms with Gasteiger partial charge in [-0.15, -0.1) is 0 Å². The molecule has 3 rings (SSSR count). The second kappa shape index (κ2) is 5.10. The molecule has 0 radical (unpaired) electrons. The van der Waals surface area contributed by atoms with Crippen LogP contribution < -0.4 is 5.32 Å². The van der Waals surface area contributed by atoms with E-state index in [1.54, 1.807) is 0 Å². The molecule has 3 nitrogen and oxygen atoms in total. The van der Waals surface area contributed by atoms with Crippen molar-refractivity contribution in [3.05, 3.63) is 71.8 Å². The Morgan fingerprint density at radius 2 is 1.65 bits per heavy atom. The van der Waals surface area contributed by atoms with Gasteiger partial charge in [0, 0.05) is 5.56 Å². The van der Waals surface area contributed by atoms with Gasteiger partial charge in [-0.2, -0.15) is 0 Å². The molecule has 2 aromatic rings. The Bertz CT molecular complexity index is 609. The quantitative estimate of drug-likeness (QED) is 0.897. The van der Waals surface area contributed by atoms with Gasteiger partial charge in [-0.1, -0.05) is 67.6 Å². The lowest BCUT2D eigenvalue weighted by Gasteiger charge is -2.28. The van der Waals surface area contributed by atoms with Gasteiger partial charge in [0.25, 0.3) is 0 Å². The zero-order valence-electron chi connectivity index (χ0n) is 11.5. The Balaban J connectivity index is 2.06. The third-order valence-corrected chi connectivity index (χ3v) is 3.90. The van der Waals surface area contributed by atoms with Gasteiger partial charge in [-0.3, -0.25) is 4.99 Å². The van der Waals surface area contributed by atoms with Crippen LogP contribution in [0.15, 0.2) is 65.7 Å². The lowest BCUT2D eigenvalue weighted by Crippen LogP contribution is -2.42. The SMILES string of the molecule is CCC1(c2ccccc2)N=C(c2ccccc2)NC1O. The summed E-state index contributed by atoms with van der Waals surface area (Å²) in [6, 6.07) is 19.9. The minimum absolute atomic E-state index is 0.605. The van der Waals surface area contributed by atoms with Gasteiger partial charge in [0.15, 0.2) is 6.23 Å². The molecule has 2 aromatic carbocycles. The Kier molecular flexibility index (Phi) is 3.28. The van der Waals surface area contributed by atoms with Crippen molar-refractivity contribution in [2.24, 2.45) is 4.99 Å². The number of amidine groups is 1. The Morgan fingerprint density at radius 3 is 2.25 bits per heavy atom. The van der Waals surface area contributed by atoms with E-state index in [4.69, 9.17) is 4.99 Å². The fraction of sp³-hybridized carbons (Fsp3) is 0.235. The van der Waals surface area contributed by atoms with Crippen molar-refractivity contribution in [3.63, 3.8) is 0 Å². The second-order valence-corrected chi connectivity index (χ2v) is 5.02. The monoisotopic (exact) mass is 266 g/mol. The van der Waals surface area contributed by atoms with Gasteiger partial charge >= 0.3 is 0 Å². The molecular formula is C17H18N2O. The van der Waals surface area contributed by atoms with E-state index >= 15 is 0 Å². The highest BCUT2D eigenvalue weighted by molar-refractivity contribution is 6.00. The largest absolute Gasteiger partial charge is 0.371 e. The summed E-state index contributed by atoms with van der Waals surface area (Å²) in [7, 11) is 0. The molecule has 2 unspecified atom stereocenters. The molecule has 3 heteroatoms. The number of benzene rings is 2. The first-order valence-corrected chi connectivity index (χ1v) is 6.91. The number of hydrogen-bond donors (Lipinski definition) is 2. The van der Waals surface area contributed by atoms with Crippen molar-refractivity contribution in [3.8, 4) is 0 Å². The average Bonchev–Trinajstić information content (AvgIpc) is 2.87. The van der Waals surface area contributed by atoms with Crippen LogP contribution in [0.1, 0.15) is 24.5 Å². The minimum atomic E-state index is -0.704. The highest BCUT2D eigenvalue weighted by Gasteiger charge is 2.43. The standard InChI is InChI=1S/C17H18N2O/c1-2-17(14-11-7-4-8-12-14)16(20)18-15(19-17)13-9-5-3-6-10-13/h3-12,16,20H,2H2,1H3,(H,18,19). The van der Waals surface area contributed by atoms with Crippen LogP contribution in [0.3, 0.4) is 0 Å². The summed E-state index contributed by atoms with van der Waals surface area (Å²) in [4.78, 5) is 4.82. The van der Waals surface area contributed by atoms with Crippen molar-refractivity contribution in [1.82, 2.24) is 5.32 Å². The fourth-order valence-corrected chi connectivity index (χ4v) is 2.71. The predicted molar refractivity (Wildman–Crippen MR) is 80.5 cm³/mol. The van der Waals surface area contributed by atoms with Gasteiger partial charge in [-0.25, -0.2) is 0 Å². The summed E-state index contributed by atoms with van der Waals surface area (Å²) < 4.78 is 0. The molecule has 2 atom stereocenters. The normalized spacial score (nSPS) is 25.1. The maximum absolute atomic E-state index is 10.5. The molecule has 0 saturated carbocycles. The van der Waals surface area contributed by atoms with E-state index in [2.05, 4.69) is 12.2 Å². The Hall–Kier alpha value is -2.13. The number of aliphatic imine (C=N–C) groups is 1. The van der Waals surface area contributed by atoms with Crippen LogP contribution in [-0.4, -0.2) is 17.2 Å². The van der Waals surface area contributed by atoms with Gasteiger partial charge in [-0.05, 0) is 12.0 Å². The number of aliphatic hydroxyl groups is 1. The van der Waals surface area contributed by atoms with E-state index in [9.17, 15) is 5.11 Å². The van der Waals surface area contributed by atoms with Crippen molar-refractivity contribution in [2.45, 2.75) is 25.1 Å². The zero-order chi connectivity index (χ0) is 14.0. The molecule has 0 fully saturated rings. The molecule has 1 heterocycles. The van der Waals surface area contributed by atoms with Crippen molar-refractivity contribution < 1.29 is 5.11 Å². The lowest BCUT2D eigenvalue weighted by atomic mass is 9.87. The van der Waals surface area contributed by atoms with E-state index in [-0.39, 0.29) is 0 Å². The van der Waals surface area contributed by atoms with E-state index in [0.717, 1.165) is 23.4 Å². The predicted octanol–water partition coefficient (Wildman–Crippen LogP) is 2.66. The molecule has 102 valence electrons. The highest BCUT2D eigenvalue weighted by atomic mass is 16.3.